The first-order valence-electron chi connectivity index (χ1n) is 10.0. The van der Waals surface area contributed by atoms with E-state index in [4.69, 9.17) is 0 Å². The van der Waals surface area contributed by atoms with Crippen LogP contribution >= 0.6 is 0 Å². The first-order chi connectivity index (χ1) is 14.3. The van der Waals surface area contributed by atoms with E-state index in [1.807, 2.05) is 29.7 Å². The highest BCUT2D eigenvalue weighted by Gasteiger charge is 2.31. The summed E-state index contributed by atoms with van der Waals surface area (Å²) in [5, 5.41) is 6.16. The van der Waals surface area contributed by atoms with Crippen molar-refractivity contribution < 1.29 is 18.0 Å². The SMILES string of the molecule is Cc1ccc2c(c1)nc(NC(=O)c1cccc(C(F)(F)F)c1)n2C1CCCCNC1. The fraction of sp³-hybridized carbons (Fsp3) is 0.364. The van der Waals surface area contributed by atoms with Gasteiger partial charge >= 0.3 is 6.18 Å². The van der Waals surface area contributed by atoms with Crippen molar-refractivity contribution in [1.82, 2.24) is 14.9 Å². The van der Waals surface area contributed by atoms with Gasteiger partial charge in [-0.25, -0.2) is 4.98 Å². The number of nitrogens with one attached hydrogen (secondary N) is 2. The Labute approximate surface area is 172 Å². The maximum absolute atomic E-state index is 13.0. The highest BCUT2D eigenvalue weighted by atomic mass is 19.4. The topological polar surface area (TPSA) is 59.0 Å². The van der Waals surface area contributed by atoms with Gasteiger partial charge in [0.2, 0.25) is 5.95 Å². The average molecular weight is 416 g/mol. The summed E-state index contributed by atoms with van der Waals surface area (Å²) in [7, 11) is 0. The first kappa shape index (κ1) is 20.4. The van der Waals surface area contributed by atoms with E-state index in [0.717, 1.165) is 61.1 Å². The second kappa shape index (κ2) is 8.10. The minimum absolute atomic E-state index is 0.0568. The predicted octanol–water partition coefficient (Wildman–Crippen LogP) is 4.93. The van der Waals surface area contributed by atoms with Crippen molar-refractivity contribution >= 4 is 22.9 Å². The molecule has 1 unspecified atom stereocenters. The maximum atomic E-state index is 13.0. The maximum Gasteiger partial charge on any atom is 0.416 e. The van der Waals surface area contributed by atoms with Gasteiger partial charge in [-0.2, -0.15) is 13.2 Å². The van der Waals surface area contributed by atoms with E-state index in [1.54, 1.807) is 0 Å². The van der Waals surface area contributed by atoms with Crippen molar-refractivity contribution in [3.05, 3.63) is 59.2 Å². The highest BCUT2D eigenvalue weighted by molar-refractivity contribution is 6.04. The van der Waals surface area contributed by atoms with Crippen LogP contribution in [0.15, 0.2) is 42.5 Å². The van der Waals surface area contributed by atoms with E-state index in [9.17, 15) is 18.0 Å². The number of alkyl halides is 3. The fourth-order valence-corrected chi connectivity index (χ4v) is 3.90. The second-order valence-corrected chi connectivity index (χ2v) is 7.68. The number of anilines is 1. The summed E-state index contributed by atoms with van der Waals surface area (Å²) in [6.07, 6.45) is -1.45. The van der Waals surface area contributed by atoms with Crippen LogP contribution in [-0.4, -0.2) is 28.5 Å². The molecule has 3 aromatic rings. The number of hydrogen-bond acceptors (Lipinski definition) is 3. The monoisotopic (exact) mass is 416 g/mol. The van der Waals surface area contributed by atoms with Gasteiger partial charge in [0.1, 0.15) is 0 Å². The first-order valence-corrected chi connectivity index (χ1v) is 10.0. The lowest BCUT2D eigenvalue weighted by atomic mass is 10.1. The van der Waals surface area contributed by atoms with Crippen LogP contribution in [0.2, 0.25) is 0 Å². The van der Waals surface area contributed by atoms with Crippen LogP contribution in [0.4, 0.5) is 19.1 Å². The van der Waals surface area contributed by atoms with Gasteiger partial charge < -0.3 is 9.88 Å². The molecule has 5 nitrogen and oxygen atoms in total. The van der Waals surface area contributed by atoms with Crippen molar-refractivity contribution in [3.63, 3.8) is 0 Å². The molecule has 1 aliphatic heterocycles. The molecule has 0 bridgehead atoms. The number of aryl methyl sites for hydroxylation is 1. The van der Waals surface area contributed by atoms with E-state index in [1.165, 1.54) is 12.1 Å². The quantitative estimate of drug-likeness (QED) is 0.637. The highest BCUT2D eigenvalue weighted by Crippen LogP contribution is 2.31. The zero-order chi connectivity index (χ0) is 21.3. The number of rotatable bonds is 3. The Kier molecular flexibility index (Phi) is 5.51. The summed E-state index contributed by atoms with van der Waals surface area (Å²) in [4.78, 5) is 17.4. The summed E-state index contributed by atoms with van der Waals surface area (Å²) in [5.74, 6) is -0.261. The molecule has 0 spiro atoms. The molecule has 2 heterocycles. The van der Waals surface area contributed by atoms with E-state index in [2.05, 4.69) is 15.6 Å². The Morgan fingerprint density at radius 3 is 2.83 bits per heavy atom. The van der Waals surface area contributed by atoms with Gasteiger partial charge in [0.25, 0.3) is 5.91 Å². The number of amides is 1. The number of carbonyl (C=O) groups excluding carboxylic acids is 1. The number of halogens is 3. The van der Waals surface area contributed by atoms with Crippen LogP contribution in [0.25, 0.3) is 11.0 Å². The minimum Gasteiger partial charge on any atom is -0.315 e. The Morgan fingerprint density at radius 2 is 2.03 bits per heavy atom. The van der Waals surface area contributed by atoms with E-state index in [0.29, 0.717) is 5.95 Å². The van der Waals surface area contributed by atoms with Gasteiger partial charge in [0, 0.05) is 18.2 Å². The standard InChI is InChI=1S/C22H23F3N4O/c1-14-8-9-19-18(11-14)27-21(29(19)17-7-2-3-10-26-13-17)28-20(30)15-5-4-6-16(12-15)22(23,24)25/h4-6,8-9,11-12,17,26H,2-3,7,10,13H2,1H3,(H,27,28,30). The third-order valence-electron chi connectivity index (χ3n) is 5.41. The van der Waals surface area contributed by atoms with E-state index in [-0.39, 0.29) is 11.6 Å². The Hall–Kier alpha value is -2.87. The summed E-state index contributed by atoms with van der Waals surface area (Å²) in [5.41, 5.74) is 1.78. The van der Waals surface area contributed by atoms with Crippen LogP contribution in [0.3, 0.4) is 0 Å². The van der Waals surface area contributed by atoms with Gasteiger partial charge in [-0.1, -0.05) is 18.6 Å². The normalized spacial score (nSPS) is 17.7. The smallest absolute Gasteiger partial charge is 0.315 e. The van der Waals surface area contributed by atoms with Crippen LogP contribution in [0.1, 0.15) is 46.8 Å². The predicted molar refractivity (Wildman–Crippen MR) is 110 cm³/mol. The molecule has 2 N–H and O–H groups in total. The summed E-state index contributed by atoms with van der Waals surface area (Å²) < 4.78 is 41.1. The third-order valence-corrected chi connectivity index (χ3v) is 5.41. The van der Waals surface area contributed by atoms with Crippen molar-refractivity contribution in [2.24, 2.45) is 0 Å². The molecule has 30 heavy (non-hydrogen) atoms. The van der Waals surface area contributed by atoms with Crippen molar-refractivity contribution in [1.29, 1.82) is 0 Å². The largest absolute Gasteiger partial charge is 0.416 e. The zero-order valence-electron chi connectivity index (χ0n) is 16.6. The van der Waals surface area contributed by atoms with Gasteiger partial charge in [-0.15, -0.1) is 0 Å². The molecule has 1 aromatic heterocycles. The number of carbonyl (C=O) groups is 1. The van der Waals surface area contributed by atoms with E-state index >= 15 is 0 Å². The molecule has 2 aromatic carbocycles. The number of hydrogen-bond donors (Lipinski definition) is 2. The van der Waals surface area contributed by atoms with Crippen LogP contribution in [0.5, 0.6) is 0 Å². The van der Waals surface area contributed by atoms with Gasteiger partial charge in [-0.3, -0.25) is 10.1 Å². The summed E-state index contributed by atoms with van der Waals surface area (Å²) in [6, 6.07) is 10.4. The molecule has 1 aliphatic rings. The summed E-state index contributed by atoms with van der Waals surface area (Å²) in [6.45, 7) is 3.65. The molecule has 0 saturated carbocycles. The average Bonchev–Trinajstić information content (AvgIpc) is 2.87. The molecule has 8 heteroatoms. The van der Waals surface area contributed by atoms with Gasteiger partial charge in [0.15, 0.2) is 0 Å². The number of fused-ring (bicyclic) bond motifs is 1. The van der Waals surface area contributed by atoms with E-state index < -0.39 is 17.6 Å². The molecule has 1 atom stereocenters. The molecule has 1 amide bonds. The Morgan fingerprint density at radius 1 is 1.20 bits per heavy atom. The lowest BCUT2D eigenvalue weighted by Crippen LogP contribution is -2.25. The van der Waals surface area contributed by atoms with Crippen LogP contribution < -0.4 is 10.6 Å². The lowest BCUT2D eigenvalue weighted by molar-refractivity contribution is -0.137. The number of imidazole rings is 1. The third kappa shape index (κ3) is 4.18. The fourth-order valence-electron chi connectivity index (χ4n) is 3.90. The van der Waals surface area contributed by atoms with Crippen LogP contribution in [-0.2, 0) is 6.18 Å². The van der Waals surface area contributed by atoms with Crippen molar-refractivity contribution in [2.75, 3.05) is 18.4 Å². The molecule has 0 radical (unpaired) electrons. The molecule has 0 aliphatic carbocycles. The molecule has 4 rings (SSSR count). The molecule has 1 saturated heterocycles. The lowest BCUT2D eigenvalue weighted by Gasteiger charge is -2.20. The number of nitrogens with zero attached hydrogens (tertiary/aromatic N) is 2. The molecule has 1 fully saturated rings. The minimum atomic E-state index is -4.51. The van der Waals surface area contributed by atoms with Crippen LogP contribution in [0, 0.1) is 6.92 Å². The molecule has 158 valence electrons. The number of benzene rings is 2. The summed E-state index contributed by atoms with van der Waals surface area (Å²) >= 11 is 0. The van der Waals surface area contributed by atoms with Gasteiger partial charge in [-0.05, 0) is 62.2 Å². The van der Waals surface area contributed by atoms with Gasteiger partial charge in [0.05, 0.1) is 16.6 Å². The van der Waals surface area contributed by atoms with Crippen molar-refractivity contribution in [2.45, 2.75) is 38.4 Å². The molecular formula is C22H23F3N4O. The second-order valence-electron chi connectivity index (χ2n) is 7.68. The number of aromatic nitrogens is 2. The Bertz CT molecular complexity index is 1070. The Balaban J connectivity index is 1.71. The van der Waals surface area contributed by atoms with Crippen molar-refractivity contribution in [3.8, 4) is 0 Å². The zero-order valence-corrected chi connectivity index (χ0v) is 16.6. The molecular weight excluding hydrogens is 393 g/mol.